The average molecular weight is 325 g/mol. The van der Waals surface area contributed by atoms with Crippen LogP contribution in [0.5, 0.6) is 11.6 Å². The number of aromatic nitrogens is 1. The fourth-order valence-electron chi connectivity index (χ4n) is 2.28. The molecule has 2 rings (SSSR count). The monoisotopic (exact) mass is 325 g/mol. The number of benzene rings is 1. The summed E-state index contributed by atoms with van der Waals surface area (Å²) in [5.41, 5.74) is 8.48. The number of carbonyl (C=O) groups excluding carboxylic acids is 1. The summed E-state index contributed by atoms with van der Waals surface area (Å²) in [7, 11) is 0. The normalized spacial score (nSPS) is 10.1. The summed E-state index contributed by atoms with van der Waals surface area (Å²) in [4.78, 5) is 16.3. The molecule has 0 atom stereocenters. The summed E-state index contributed by atoms with van der Waals surface area (Å²) >= 11 is 0. The minimum atomic E-state index is -0.602. The zero-order valence-corrected chi connectivity index (χ0v) is 14.1. The van der Waals surface area contributed by atoms with Crippen LogP contribution in [-0.2, 0) is 4.74 Å². The Kier molecular flexibility index (Phi) is 5.05. The molecule has 1 heterocycles. The molecule has 0 saturated carbocycles. The van der Waals surface area contributed by atoms with Crippen LogP contribution in [-0.4, -0.2) is 17.6 Å². The van der Waals surface area contributed by atoms with Gasteiger partial charge in [-0.05, 0) is 44.9 Å². The number of aryl methyl sites for hydroxylation is 2. The highest BCUT2D eigenvalue weighted by atomic mass is 16.5. The molecule has 0 spiro atoms. The van der Waals surface area contributed by atoms with E-state index in [4.69, 9.17) is 15.2 Å². The van der Waals surface area contributed by atoms with Crippen molar-refractivity contribution in [1.82, 2.24) is 4.98 Å². The quantitative estimate of drug-likeness (QED) is 0.865. The summed E-state index contributed by atoms with van der Waals surface area (Å²) in [6.07, 6.45) is 0. The molecule has 0 bridgehead atoms. The molecule has 0 saturated heterocycles. The molecule has 0 aliphatic carbocycles. The zero-order valence-electron chi connectivity index (χ0n) is 14.1. The van der Waals surface area contributed by atoms with E-state index in [1.54, 1.807) is 19.9 Å². The lowest BCUT2D eigenvalue weighted by atomic mass is 10.1. The molecule has 1 aromatic carbocycles. The first-order chi connectivity index (χ1) is 11.4. The second-order valence-electron chi connectivity index (χ2n) is 5.30. The maximum atomic E-state index is 12.0. The Balaban J connectivity index is 2.55. The SMILES string of the molecule is CCOC(=O)c1c(C)nc(Oc2cccc(C)c2C)c(C#N)c1N. The topological polar surface area (TPSA) is 98.2 Å². The van der Waals surface area contributed by atoms with Gasteiger partial charge < -0.3 is 15.2 Å². The van der Waals surface area contributed by atoms with Gasteiger partial charge in [0.1, 0.15) is 22.9 Å². The van der Waals surface area contributed by atoms with Gasteiger partial charge in [0.25, 0.3) is 0 Å². The smallest absolute Gasteiger partial charge is 0.342 e. The van der Waals surface area contributed by atoms with Crippen molar-refractivity contribution >= 4 is 11.7 Å². The number of esters is 1. The molecule has 6 heteroatoms. The summed E-state index contributed by atoms with van der Waals surface area (Å²) in [6.45, 7) is 7.41. The minimum absolute atomic E-state index is 0.0174. The van der Waals surface area contributed by atoms with Crippen molar-refractivity contribution in [2.45, 2.75) is 27.7 Å². The summed E-state index contributed by atoms with van der Waals surface area (Å²) < 4.78 is 10.8. The van der Waals surface area contributed by atoms with Crippen LogP contribution >= 0.6 is 0 Å². The predicted octanol–water partition coefficient (Wildman–Crippen LogP) is 3.43. The summed E-state index contributed by atoms with van der Waals surface area (Å²) in [5.74, 6) is 0.0609. The Hall–Kier alpha value is -3.07. The van der Waals surface area contributed by atoms with Gasteiger partial charge in [0.2, 0.25) is 5.88 Å². The highest BCUT2D eigenvalue weighted by Crippen LogP contribution is 2.33. The zero-order chi connectivity index (χ0) is 17.9. The number of rotatable bonds is 4. The van der Waals surface area contributed by atoms with E-state index < -0.39 is 5.97 Å². The summed E-state index contributed by atoms with van der Waals surface area (Å²) in [6, 6.07) is 7.57. The highest BCUT2D eigenvalue weighted by Gasteiger charge is 2.23. The van der Waals surface area contributed by atoms with Gasteiger partial charge >= 0.3 is 5.97 Å². The fraction of sp³-hybridized carbons (Fsp3) is 0.278. The van der Waals surface area contributed by atoms with Gasteiger partial charge in [-0.25, -0.2) is 9.78 Å². The fourth-order valence-corrected chi connectivity index (χ4v) is 2.28. The lowest BCUT2D eigenvalue weighted by Crippen LogP contribution is -2.13. The Morgan fingerprint density at radius 1 is 1.33 bits per heavy atom. The number of ether oxygens (including phenoxy) is 2. The van der Waals surface area contributed by atoms with Crippen LogP contribution in [0.25, 0.3) is 0 Å². The van der Waals surface area contributed by atoms with Crippen LogP contribution in [0.1, 0.15) is 39.7 Å². The van der Waals surface area contributed by atoms with E-state index in [0.29, 0.717) is 11.4 Å². The standard InChI is InChI=1S/C18H19N3O3/c1-5-23-18(22)15-12(4)21-17(13(9-19)16(15)20)24-14-8-6-7-10(2)11(14)3/h6-8H,5H2,1-4H3,(H2,20,21). The van der Waals surface area contributed by atoms with Crippen LogP contribution in [0, 0.1) is 32.1 Å². The highest BCUT2D eigenvalue weighted by molar-refractivity contribution is 5.98. The van der Waals surface area contributed by atoms with Crippen LogP contribution in [0.3, 0.4) is 0 Å². The first-order valence-corrected chi connectivity index (χ1v) is 7.52. The van der Waals surface area contributed by atoms with E-state index in [1.807, 2.05) is 32.0 Å². The summed E-state index contributed by atoms with van der Waals surface area (Å²) in [5, 5.41) is 9.43. The van der Waals surface area contributed by atoms with Crippen LogP contribution in [0.15, 0.2) is 18.2 Å². The molecule has 124 valence electrons. The molecule has 1 aromatic heterocycles. The van der Waals surface area contributed by atoms with Crippen molar-refractivity contribution in [3.8, 4) is 17.7 Å². The third kappa shape index (κ3) is 3.15. The van der Waals surface area contributed by atoms with Crippen LogP contribution in [0.2, 0.25) is 0 Å². The maximum Gasteiger partial charge on any atom is 0.342 e. The van der Waals surface area contributed by atoms with E-state index in [1.165, 1.54) is 0 Å². The lowest BCUT2D eigenvalue weighted by molar-refractivity contribution is 0.0526. The van der Waals surface area contributed by atoms with Gasteiger partial charge in [-0.3, -0.25) is 0 Å². The number of hydrogen-bond acceptors (Lipinski definition) is 6. The Morgan fingerprint density at radius 2 is 2.04 bits per heavy atom. The predicted molar refractivity (Wildman–Crippen MR) is 90.0 cm³/mol. The van der Waals surface area contributed by atoms with Gasteiger partial charge in [0, 0.05) is 0 Å². The molecule has 0 radical (unpaired) electrons. The Labute approximate surface area is 140 Å². The molecule has 2 aromatic rings. The van der Waals surface area contributed by atoms with Crippen LogP contribution < -0.4 is 10.5 Å². The van der Waals surface area contributed by atoms with Crippen molar-refractivity contribution in [2.75, 3.05) is 12.3 Å². The van der Waals surface area contributed by atoms with Crippen molar-refractivity contribution in [3.63, 3.8) is 0 Å². The van der Waals surface area contributed by atoms with Gasteiger partial charge in [0.05, 0.1) is 18.0 Å². The first-order valence-electron chi connectivity index (χ1n) is 7.52. The number of nitrogen functional groups attached to an aromatic ring is 1. The molecule has 2 N–H and O–H groups in total. The van der Waals surface area contributed by atoms with E-state index in [0.717, 1.165) is 11.1 Å². The first kappa shape index (κ1) is 17.3. The minimum Gasteiger partial charge on any atom is -0.462 e. The maximum absolute atomic E-state index is 12.0. The largest absolute Gasteiger partial charge is 0.462 e. The second-order valence-corrected chi connectivity index (χ2v) is 5.30. The molecular weight excluding hydrogens is 306 g/mol. The molecule has 6 nitrogen and oxygen atoms in total. The van der Waals surface area contributed by atoms with Crippen molar-refractivity contribution in [1.29, 1.82) is 5.26 Å². The Morgan fingerprint density at radius 3 is 2.67 bits per heavy atom. The lowest BCUT2D eigenvalue weighted by Gasteiger charge is -2.15. The van der Waals surface area contributed by atoms with E-state index in [2.05, 4.69) is 4.98 Å². The Bertz CT molecular complexity index is 838. The van der Waals surface area contributed by atoms with E-state index in [9.17, 15) is 10.1 Å². The third-order valence-corrected chi connectivity index (χ3v) is 3.74. The number of nitrogens with zero attached hydrogens (tertiary/aromatic N) is 2. The van der Waals surface area contributed by atoms with Gasteiger partial charge in [-0.15, -0.1) is 0 Å². The number of nitriles is 1. The van der Waals surface area contributed by atoms with Crippen molar-refractivity contribution in [3.05, 3.63) is 46.1 Å². The number of nitrogens with two attached hydrogens (primary N) is 1. The number of carbonyl (C=O) groups is 1. The molecule has 0 unspecified atom stereocenters. The molecule has 0 amide bonds. The number of anilines is 1. The average Bonchev–Trinajstić information content (AvgIpc) is 2.52. The van der Waals surface area contributed by atoms with E-state index in [-0.39, 0.29) is 29.3 Å². The third-order valence-electron chi connectivity index (χ3n) is 3.74. The van der Waals surface area contributed by atoms with Gasteiger partial charge in [-0.1, -0.05) is 12.1 Å². The van der Waals surface area contributed by atoms with Crippen molar-refractivity contribution in [2.24, 2.45) is 0 Å². The molecular formula is C18H19N3O3. The van der Waals surface area contributed by atoms with E-state index >= 15 is 0 Å². The van der Waals surface area contributed by atoms with Gasteiger partial charge in [0.15, 0.2) is 0 Å². The number of hydrogen-bond donors (Lipinski definition) is 1. The molecule has 24 heavy (non-hydrogen) atoms. The van der Waals surface area contributed by atoms with Crippen molar-refractivity contribution < 1.29 is 14.3 Å². The number of pyridine rings is 1. The molecule has 0 aliphatic rings. The second kappa shape index (κ2) is 7.01. The van der Waals surface area contributed by atoms with Crippen LogP contribution in [0.4, 0.5) is 5.69 Å². The molecule has 0 aliphatic heterocycles. The molecule has 0 fully saturated rings. The van der Waals surface area contributed by atoms with Gasteiger partial charge in [-0.2, -0.15) is 5.26 Å².